The number of aromatic nitrogens is 2. The summed E-state index contributed by atoms with van der Waals surface area (Å²) >= 11 is 0. The van der Waals surface area contributed by atoms with Crippen LogP contribution in [0.2, 0.25) is 0 Å². The fourth-order valence-electron chi connectivity index (χ4n) is 3.50. The number of alkyl halides is 2. The van der Waals surface area contributed by atoms with Crippen LogP contribution in [0.1, 0.15) is 16.8 Å². The molecule has 4 rings (SSSR count). The van der Waals surface area contributed by atoms with Gasteiger partial charge in [-0.1, -0.05) is 0 Å². The number of halogens is 5. The third-order valence-corrected chi connectivity index (χ3v) is 6.97. The van der Waals surface area contributed by atoms with Crippen LogP contribution in [-0.2, 0) is 15.8 Å². The number of ether oxygens (including phenoxy) is 1. The Bertz CT molecular complexity index is 1320. The van der Waals surface area contributed by atoms with E-state index in [1.54, 1.807) is 0 Å². The summed E-state index contributed by atoms with van der Waals surface area (Å²) in [6.07, 6.45) is 2.27. The van der Waals surface area contributed by atoms with Gasteiger partial charge in [0.2, 0.25) is 0 Å². The van der Waals surface area contributed by atoms with Crippen molar-refractivity contribution in [2.45, 2.75) is 12.8 Å². The van der Waals surface area contributed by atoms with Gasteiger partial charge in [-0.2, -0.15) is 0 Å². The lowest BCUT2D eigenvalue weighted by Crippen LogP contribution is -2.44. The smallest absolute Gasteiger partial charge is 0.319 e. The van der Waals surface area contributed by atoms with Gasteiger partial charge in [0.1, 0.15) is 11.4 Å². The number of H-pyrrole nitrogens is 1. The van der Waals surface area contributed by atoms with Crippen molar-refractivity contribution in [1.82, 2.24) is 15.3 Å². The first-order valence-electron chi connectivity index (χ1n) is 9.69. The van der Waals surface area contributed by atoms with Gasteiger partial charge in [0.15, 0.2) is 27.2 Å². The maximum Gasteiger partial charge on any atom is 0.319 e. The number of hydrogen-bond donors (Lipinski definition) is 3. The number of pyridine rings is 1. The lowest BCUT2D eigenvalue weighted by atomic mass is 10.1. The van der Waals surface area contributed by atoms with Crippen LogP contribution in [0.5, 0.6) is 11.5 Å². The van der Waals surface area contributed by atoms with E-state index in [-0.39, 0.29) is 55.4 Å². The minimum absolute atomic E-state index is 0. The molecule has 0 aliphatic carbocycles. The van der Waals surface area contributed by atoms with E-state index in [0.717, 1.165) is 18.3 Å². The Hall–Kier alpha value is -3.42. The van der Waals surface area contributed by atoms with Gasteiger partial charge >= 0.3 is 6.03 Å². The van der Waals surface area contributed by atoms with E-state index in [4.69, 9.17) is 4.74 Å². The van der Waals surface area contributed by atoms with Gasteiger partial charge < -0.3 is 20.4 Å². The van der Waals surface area contributed by atoms with E-state index >= 15 is 0 Å². The van der Waals surface area contributed by atoms with Crippen molar-refractivity contribution in [3.63, 3.8) is 0 Å². The number of anilines is 1. The van der Waals surface area contributed by atoms with Crippen molar-refractivity contribution in [2.75, 3.05) is 23.4 Å². The number of fused-ring (bicyclic) bond motifs is 1. The van der Waals surface area contributed by atoms with E-state index in [1.807, 2.05) is 0 Å². The molecule has 8 nitrogen and oxygen atoms in total. The Morgan fingerprint density at radius 2 is 1.94 bits per heavy atom. The van der Waals surface area contributed by atoms with E-state index in [0.29, 0.717) is 6.92 Å². The summed E-state index contributed by atoms with van der Waals surface area (Å²) in [6, 6.07) is 2.03. The lowest BCUT2D eigenvalue weighted by molar-refractivity contribution is 0.0190. The summed E-state index contributed by atoms with van der Waals surface area (Å²) in [6.45, 7) is 0.763. The number of carbonyl (C=O) groups excluding carboxylic acids is 1. The molecular formula is C20H25F5N4O4S. The fourth-order valence-corrected chi connectivity index (χ4v) is 5.07. The quantitative estimate of drug-likeness (QED) is 0.411. The number of urea groups is 1. The van der Waals surface area contributed by atoms with Crippen molar-refractivity contribution in [3.8, 4) is 11.5 Å². The zero-order chi connectivity index (χ0) is 24.0. The summed E-state index contributed by atoms with van der Waals surface area (Å²) in [5.74, 6) is -6.97. The molecule has 14 heteroatoms. The van der Waals surface area contributed by atoms with Crippen LogP contribution < -0.4 is 15.4 Å². The van der Waals surface area contributed by atoms with Crippen molar-refractivity contribution in [3.05, 3.63) is 47.8 Å². The van der Waals surface area contributed by atoms with E-state index in [2.05, 4.69) is 20.6 Å². The second-order valence-corrected chi connectivity index (χ2v) is 9.93. The molecule has 34 heavy (non-hydrogen) atoms. The largest absolute Gasteiger partial charge is 0.450 e. The van der Waals surface area contributed by atoms with Crippen LogP contribution in [0, 0.1) is 17.6 Å². The van der Waals surface area contributed by atoms with Gasteiger partial charge in [0.05, 0.1) is 22.5 Å². The van der Waals surface area contributed by atoms with Gasteiger partial charge in [0, 0.05) is 53.9 Å². The average Bonchev–Trinajstić information content (AvgIpc) is 3.13. The number of carbonyl (C=O) groups is 1. The second kappa shape index (κ2) is 9.08. The number of rotatable bonds is 6. The topological polar surface area (TPSA) is 113 Å². The highest BCUT2D eigenvalue weighted by molar-refractivity contribution is 7.92. The lowest BCUT2D eigenvalue weighted by Gasteiger charge is -2.25. The van der Waals surface area contributed by atoms with Gasteiger partial charge in [-0.05, 0) is 6.07 Å². The predicted octanol–water partition coefficient (Wildman–Crippen LogP) is 4.80. The molecule has 0 bridgehead atoms. The van der Waals surface area contributed by atoms with E-state index in [9.17, 15) is 30.8 Å². The van der Waals surface area contributed by atoms with Crippen molar-refractivity contribution in [2.24, 2.45) is 5.92 Å². The molecule has 1 aromatic carbocycles. The molecule has 0 saturated carbocycles. The van der Waals surface area contributed by atoms with E-state index < -0.39 is 44.7 Å². The minimum atomic E-state index is -3.26. The highest BCUT2D eigenvalue weighted by atomic mass is 32.2. The number of nitrogens with zero attached hydrogens (tertiary/aromatic N) is 1. The van der Waals surface area contributed by atoms with Crippen LogP contribution in [0.25, 0.3) is 11.0 Å². The van der Waals surface area contributed by atoms with E-state index in [1.165, 1.54) is 12.3 Å². The maximum atomic E-state index is 14.6. The molecule has 1 saturated heterocycles. The minimum Gasteiger partial charge on any atom is -0.450 e. The number of aromatic amines is 1. The van der Waals surface area contributed by atoms with Gasteiger partial charge in [-0.15, -0.1) is 0 Å². The third kappa shape index (κ3) is 5.21. The standard InChI is InChI=1S/C20H18F4N4O4S.FH.3H2/c1-20(23,24)12-7-26-18-16(12)15(2-3-25-18)32-17-13(21)4-11(5-14(17)22)28-19(29)27-6-10-8-33(30,31)9-10;;;;/h2-5,7,10H,6,8-9H2,1H3,(H,25,26)(H2,27,28,29);4*1H. The zero-order valence-electron chi connectivity index (χ0n) is 17.5. The summed E-state index contributed by atoms with van der Waals surface area (Å²) in [5.41, 5.74) is -0.618. The molecule has 2 aromatic heterocycles. The molecule has 0 radical (unpaired) electrons. The first-order valence-corrected chi connectivity index (χ1v) is 11.5. The van der Waals surface area contributed by atoms with Crippen molar-refractivity contribution >= 4 is 32.6 Å². The van der Waals surface area contributed by atoms with Crippen molar-refractivity contribution in [1.29, 1.82) is 0 Å². The highest BCUT2D eigenvalue weighted by Gasteiger charge is 2.33. The van der Waals surface area contributed by atoms with Gasteiger partial charge in [-0.3, -0.25) is 4.70 Å². The molecule has 1 aliphatic heterocycles. The Kier molecular flexibility index (Phi) is 6.73. The first kappa shape index (κ1) is 25.2. The first-order chi connectivity index (χ1) is 15.4. The number of nitrogens with one attached hydrogen (secondary N) is 3. The van der Waals surface area contributed by atoms with Crippen LogP contribution >= 0.6 is 0 Å². The molecule has 0 atom stereocenters. The molecule has 3 N–H and O–H groups in total. The van der Waals surface area contributed by atoms with Crippen LogP contribution in [-0.4, -0.2) is 42.5 Å². The molecule has 3 aromatic rings. The number of hydrogen-bond acceptors (Lipinski definition) is 5. The Balaban J connectivity index is 0.00000324. The molecular weight excluding hydrogens is 487 g/mol. The third-order valence-electron chi connectivity index (χ3n) is 5.01. The maximum absolute atomic E-state index is 14.6. The Morgan fingerprint density at radius 1 is 1.29 bits per heavy atom. The predicted molar refractivity (Wildman–Crippen MR) is 120 cm³/mol. The Labute approximate surface area is 194 Å². The molecule has 1 fully saturated rings. The normalized spacial score (nSPS) is 15.3. The SMILES string of the molecule is CC(F)(F)c1c[nH]c2nccc(Oc3c(F)cc(NC(=O)NCC4CS(=O)(=O)C4)cc3F)c12.F.[HH].[HH].[HH]. The molecule has 1 aliphatic rings. The average molecular weight is 513 g/mol. The molecule has 0 spiro atoms. The fraction of sp³-hybridized carbons (Fsp3) is 0.300. The summed E-state index contributed by atoms with van der Waals surface area (Å²) < 4.78 is 84.6. The Morgan fingerprint density at radius 3 is 2.53 bits per heavy atom. The van der Waals surface area contributed by atoms with Crippen LogP contribution in [0.4, 0.5) is 32.7 Å². The summed E-state index contributed by atoms with van der Waals surface area (Å²) in [4.78, 5) is 18.4. The molecule has 3 heterocycles. The van der Waals surface area contributed by atoms with Gasteiger partial charge in [0.25, 0.3) is 5.92 Å². The molecule has 190 valence electrons. The van der Waals surface area contributed by atoms with Crippen LogP contribution in [0.3, 0.4) is 0 Å². The summed E-state index contributed by atoms with van der Waals surface area (Å²) in [5, 5.41) is 4.55. The number of sulfone groups is 1. The number of amides is 2. The number of benzene rings is 1. The van der Waals surface area contributed by atoms with Crippen LogP contribution in [0.15, 0.2) is 30.6 Å². The van der Waals surface area contributed by atoms with Crippen molar-refractivity contribution < 1.29 is 44.5 Å². The highest BCUT2D eigenvalue weighted by Crippen LogP contribution is 2.40. The summed E-state index contributed by atoms with van der Waals surface area (Å²) in [7, 11) is -3.03. The zero-order valence-corrected chi connectivity index (χ0v) is 18.3. The molecule has 2 amide bonds. The molecule has 0 unspecified atom stereocenters. The van der Waals surface area contributed by atoms with Gasteiger partial charge in [-0.25, -0.2) is 35.8 Å². The second-order valence-electron chi connectivity index (χ2n) is 7.77. The monoisotopic (exact) mass is 512 g/mol.